The summed E-state index contributed by atoms with van der Waals surface area (Å²) in [7, 11) is 1.90. The molecule has 0 bridgehead atoms. The SMILES string of the molecule is CCCCCCOC(CNC)c1ccc(F)cc1. The Morgan fingerprint density at radius 3 is 2.50 bits per heavy atom. The van der Waals surface area contributed by atoms with Crippen LogP contribution in [-0.4, -0.2) is 20.2 Å². The van der Waals surface area contributed by atoms with Crippen molar-refractivity contribution in [2.75, 3.05) is 20.2 Å². The van der Waals surface area contributed by atoms with Crippen molar-refractivity contribution in [3.63, 3.8) is 0 Å². The number of ether oxygens (including phenoxy) is 1. The predicted molar refractivity (Wildman–Crippen MR) is 73.2 cm³/mol. The molecule has 18 heavy (non-hydrogen) atoms. The molecular formula is C15H24FNO. The second-order valence-corrected chi connectivity index (χ2v) is 4.53. The molecule has 0 spiro atoms. The first-order chi connectivity index (χ1) is 8.77. The summed E-state index contributed by atoms with van der Waals surface area (Å²) >= 11 is 0. The summed E-state index contributed by atoms with van der Waals surface area (Å²) in [5.41, 5.74) is 1.03. The van der Waals surface area contributed by atoms with Crippen molar-refractivity contribution in [2.24, 2.45) is 0 Å². The van der Waals surface area contributed by atoms with E-state index in [1.807, 2.05) is 7.05 Å². The Balaban J connectivity index is 2.41. The lowest BCUT2D eigenvalue weighted by Crippen LogP contribution is -2.20. The molecule has 1 aromatic carbocycles. The molecule has 0 saturated carbocycles. The van der Waals surface area contributed by atoms with Crippen LogP contribution in [0.4, 0.5) is 4.39 Å². The van der Waals surface area contributed by atoms with E-state index in [1.165, 1.54) is 31.4 Å². The summed E-state index contributed by atoms with van der Waals surface area (Å²) < 4.78 is 18.7. The Morgan fingerprint density at radius 1 is 1.17 bits per heavy atom. The van der Waals surface area contributed by atoms with Gasteiger partial charge in [-0.05, 0) is 31.2 Å². The largest absolute Gasteiger partial charge is 0.372 e. The highest BCUT2D eigenvalue weighted by Crippen LogP contribution is 2.17. The van der Waals surface area contributed by atoms with E-state index >= 15 is 0 Å². The predicted octanol–water partition coefficient (Wildman–Crippen LogP) is 3.68. The van der Waals surface area contributed by atoms with Crippen LogP contribution in [0.2, 0.25) is 0 Å². The summed E-state index contributed by atoms with van der Waals surface area (Å²) in [5.74, 6) is -0.204. The third-order valence-corrected chi connectivity index (χ3v) is 2.95. The smallest absolute Gasteiger partial charge is 0.123 e. The van der Waals surface area contributed by atoms with E-state index in [0.717, 1.165) is 25.1 Å². The molecule has 0 amide bonds. The molecule has 0 aliphatic heterocycles. The number of halogens is 1. The van der Waals surface area contributed by atoms with Crippen LogP contribution in [0.15, 0.2) is 24.3 Å². The molecule has 0 radical (unpaired) electrons. The van der Waals surface area contributed by atoms with Crippen LogP contribution in [0.5, 0.6) is 0 Å². The molecule has 3 heteroatoms. The Kier molecular flexibility index (Phi) is 7.62. The molecule has 0 heterocycles. The molecule has 1 unspecified atom stereocenters. The molecule has 102 valence electrons. The zero-order valence-electron chi connectivity index (χ0n) is 11.4. The van der Waals surface area contributed by atoms with Crippen molar-refractivity contribution < 1.29 is 9.13 Å². The first kappa shape index (κ1) is 15.1. The minimum absolute atomic E-state index is 0.0113. The van der Waals surface area contributed by atoms with Crippen LogP contribution in [-0.2, 0) is 4.74 Å². The number of hydrogen-bond acceptors (Lipinski definition) is 2. The van der Waals surface area contributed by atoms with E-state index in [-0.39, 0.29) is 11.9 Å². The number of likely N-dealkylation sites (N-methyl/N-ethyl adjacent to an activating group) is 1. The van der Waals surface area contributed by atoms with E-state index in [2.05, 4.69) is 12.2 Å². The summed E-state index contributed by atoms with van der Waals surface area (Å²) in [4.78, 5) is 0. The van der Waals surface area contributed by atoms with Gasteiger partial charge in [-0.2, -0.15) is 0 Å². The lowest BCUT2D eigenvalue weighted by Gasteiger charge is -2.18. The number of hydrogen-bond donors (Lipinski definition) is 1. The van der Waals surface area contributed by atoms with Crippen LogP contribution in [0.1, 0.15) is 44.3 Å². The maximum atomic E-state index is 12.9. The second-order valence-electron chi connectivity index (χ2n) is 4.53. The summed E-state index contributed by atoms with van der Waals surface area (Å²) in [6.07, 6.45) is 4.81. The normalized spacial score (nSPS) is 12.6. The Bertz CT molecular complexity index is 313. The van der Waals surface area contributed by atoms with Gasteiger partial charge in [0.25, 0.3) is 0 Å². The second kappa shape index (κ2) is 9.06. The topological polar surface area (TPSA) is 21.3 Å². The summed E-state index contributed by atoms with van der Waals surface area (Å²) in [6.45, 7) is 3.71. The molecule has 1 rings (SSSR count). The quantitative estimate of drug-likeness (QED) is 0.678. The average molecular weight is 253 g/mol. The van der Waals surface area contributed by atoms with Crippen molar-refractivity contribution >= 4 is 0 Å². The van der Waals surface area contributed by atoms with Crippen LogP contribution in [0.3, 0.4) is 0 Å². The fourth-order valence-corrected chi connectivity index (χ4v) is 1.89. The molecule has 0 aliphatic carbocycles. The molecule has 0 saturated heterocycles. The Hall–Kier alpha value is -0.930. The van der Waals surface area contributed by atoms with Crippen LogP contribution in [0, 0.1) is 5.82 Å². The summed E-state index contributed by atoms with van der Waals surface area (Å²) in [5, 5.41) is 3.11. The molecule has 1 atom stereocenters. The standard InChI is InChI=1S/C15H24FNO/c1-3-4-5-6-11-18-15(12-17-2)13-7-9-14(16)10-8-13/h7-10,15,17H,3-6,11-12H2,1-2H3. The van der Waals surface area contributed by atoms with Gasteiger partial charge >= 0.3 is 0 Å². The molecule has 1 aromatic rings. The molecule has 1 N–H and O–H groups in total. The van der Waals surface area contributed by atoms with Gasteiger partial charge in [0.05, 0.1) is 6.10 Å². The first-order valence-corrected chi connectivity index (χ1v) is 6.79. The number of benzene rings is 1. The highest BCUT2D eigenvalue weighted by molar-refractivity contribution is 5.19. The molecular weight excluding hydrogens is 229 g/mol. The highest BCUT2D eigenvalue weighted by atomic mass is 19.1. The fourth-order valence-electron chi connectivity index (χ4n) is 1.89. The third kappa shape index (κ3) is 5.61. The van der Waals surface area contributed by atoms with Crippen molar-refractivity contribution in [2.45, 2.75) is 38.7 Å². The maximum Gasteiger partial charge on any atom is 0.123 e. The molecule has 2 nitrogen and oxygen atoms in total. The molecule has 0 aromatic heterocycles. The fraction of sp³-hybridized carbons (Fsp3) is 0.600. The van der Waals surface area contributed by atoms with Crippen molar-refractivity contribution in [1.29, 1.82) is 0 Å². The van der Waals surface area contributed by atoms with E-state index in [1.54, 1.807) is 12.1 Å². The lowest BCUT2D eigenvalue weighted by atomic mass is 10.1. The zero-order valence-corrected chi connectivity index (χ0v) is 11.4. The van der Waals surface area contributed by atoms with E-state index in [0.29, 0.717) is 0 Å². The van der Waals surface area contributed by atoms with Gasteiger partial charge in [0.1, 0.15) is 5.82 Å². The van der Waals surface area contributed by atoms with Gasteiger partial charge in [0.2, 0.25) is 0 Å². The minimum Gasteiger partial charge on any atom is -0.372 e. The van der Waals surface area contributed by atoms with Crippen molar-refractivity contribution in [1.82, 2.24) is 5.32 Å². The first-order valence-electron chi connectivity index (χ1n) is 6.79. The van der Waals surface area contributed by atoms with Crippen LogP contribution >= 0.6 is 0 Å². The Morgan fingerprint density at radius 2 is 1.89 bits per heavy atom. The van der Waals surface area contributed by atoms with E-state index in [4.69, 9.17) is 4.74 Å². The van der Waals surface area contributed by atoms with E-state index in [9.17, 15) is 4.39 Å². The van der Waals surface area contributed by atoms with Gasteiger partial charge in [0.15, 0.2) is 0 Å². The van der Waals surface area contributed by atoms with Crippen molar-refractivity contribution in [3.05, 3.63) is 35.6 Å². The van der Waals surface area contributed by atoms with Gasteiger partial charge in [-0.1, -0.05) is 38.3 Å². The van der Waals surface area contributed by atoms with Gasteiger partial charge in [0, 0.05) is 13.2 Å². The monoisotopic (exact) mass is 253 g/mol. The maximum absolute atomic E-state index is 12.9. The number of unbranched alkanes of at least 4 members (excludes halogenated alkanes) is 3. The highest BCUT2D eigenvalue weighted by Gasteiger charge is 2.10. The van der Waals surface area contributed by atoms with Crippen LogP contribution < -0.4 is 5.32 Å². The number of rotatable bonds is 9. The third-order valence-electron chi connectivity index (χ3n) is 2.95. The van der Waals surface area contributed by atoms with E-state index < -0.39 is 0 Å². The van der Waals surface area contributed by atoms with Crippen molar-refractivity contribution in [3.8, 4) is 0 Å². The summed E-state index contributed by atoms with van der Waals surface area (Å²) in [6, 6.07) is 6.56. The van der Waals surface area contributed by atoms with Gasteiger partial charge in [-0.3, -0.25) is 0 Å². The molecule has 0 fully saturated rings. The van der Waals surface area contributed by atoms with Gasteiger partial charge in [-0.15, -0.1) is 0 Å². The van der Waals surface area contributed by atoms with Crippen LogP contribution in [0.25, 0.3) is 0 Å². The van der Waals surface area contributed by atoms with Gasteiger partial charge < -0.3 is 10.1 Å². The lowest BCUT2D eigenvalue weighted by molar-refractivity contribution is 0.0511. The zero-order chi connectivity index (χ0) is 13.2. The van der Waals surface area contributed by atoms with Gasteiger partial charge in [-0.25, -0.2) is 4.39 Å². The molecule has 0 aliphatic rings. The number of nitrogens with one attached hydrogen (secondary N) is 1. The minimum atomic E-state index is -0.204. The average Bonchev–Trinajstić information content (AvgIpc) is 2.38. The Labute approximate surface area is 110 Å².